The Hall–Kier alpha value is -2.76. The van der Waals surface area contributed by atoms with E-state index in [0.717, 1.165) is 10.5 Å². The maximum absolute atomic E-state index is 12.1. The molecular weight excluding hydrogens is 272 g/mol. The van der Waals surface area contributed by atoms with Crippen LogP contribution in [0.4, 0.5) is 4.79 Å². The molecule has 3 amide bonds. The molecule has 0 saturated carbocycles. The minimum absolute atomic E-state index is 0.184. The summed E-state index contributed by atoms with van der Waals surface area (Å²) in [6.45, 7) is 4.73. The molecule has 108 valence electrons. The summed E-state index contributed by atoms with van der Waals surface area (Å²) in [5, 5.41) is 2.55. The zero-order valence-electron chi connectivity index (χ0n) is 11.3. The highest BCUT2D eigenvalue weighted by Gasteiger charge is 2.32. The Morgan fingerprint density at radius 2 is 2.00 bits per heavy atom. The third-order valence-electron chi connectivity index (χ3n) is 3.15. The fourth-order valence-corrected chi connectivity index (χ4v) is 2.18. The van der Waals surface area contributed by atoms with Gasteiger partial charge < -0.3 is 14.8 Å². The van der Waals surface area contributed by atoms with Crippen LogP contribution in [0, 0.1) is 0 Å². The van der Waals surface area contributed by atoms with Crippen LogP contribution in [0.25, 0.3) is 6.08 Å². The number of nitrogens with zero attached hydrogens (tertiary/aromatic N) is 1. The van der Waals surface area contributed by atoms with Crippen LogP contribution in [0.1, 0.15) is 5.56 Å². The first kappa shape index (κ1) is 13.2. The topological polar surface area (TPSA) is 67.9 Å². The van der Waals surface area contributed by atoms with Crippen molar-refractivity contribution in [3.05, 3.63) is 42.1 Å². The summed E-state index contributed by atoms with van der Waals surface area (Å²) in [4.78, 5) is 24.8. The lowest BCUT2D eigenvalue weighted by molar-refractivity contribution is -0.122. The van der Waals surface area contributed by atoms with Gasteiger partial charge in [-0.3, -0.25) is 9.69 Å². The number of amides is 3. The van der Waals surface area contributed by atoms with Gasteiger partial charge in [-0.2, -0.15) is 0 Å². The average molecular weight is 286 g/mol. The van der Waals surface area contributed by atoms with E-state index in [1.165, 1.54) is 6.08 Å². The molecule has 3 rings (SSSR count). The zero-order valence-corrected chi connectivity index (χ0v) is 11.3. The van der Waals surface area contributed by atoms with Crippen LogP contribution in [0.5, 0.6) is 11.5 Å². The Kier molecular flexibility index (Phi) is 3.35. The molecule has 0 spiro atoms. The van der Waals surface area contributed by atoms with Crippen molar-refractivity contribution in [3.8, 4) is 11.5 Å². The van der Waals surface area contributed by atoms with Crippen LogP contribution in [0.3, 0.4) is 0 Å². The summed E-state index contributed by atoms with van der Waals surface area (Å²) < 4.78 is 10.9. The molecule has 0 radical (unpaired) electrons. The second kappa shape index (κ2) is 5.32. The SMILES string of the molecule is C=CCN1C(=O)N/C(=C/c2ccc3c(c2)OCCO3)C1=O. The van der Waals surface area contributed by atoms with Crippen LogP contribution < -0.4 is 14.8 Å². The van der Waals surface area contributed by atoms with Crippen LogP contribution in [0.15, 0.2) is 36.6 Å². The summed E-state index contributed by atoms with van der Waals surface area (Å²) >= 11 is 0. The van der Waals surface area contributed by atoms with Gasteiger partial charge in [-0.15, -0.1) is 6.58 Å². The number of hydrogen-bond donors (Lipinski definition) is 1. The van der Waals surface area contributed by atoms with Crippen molar-refractivity contribution >= 4 is 18.0 Å². The number of carbonyl (C=O) groups is 2. The van der Waals surface area contributed by atoms with E-state index in [9.17, 15) is 9.59 Å². The van der Waals surface area contributed by atoms with Gasteiger partial charge in [0.1, 0.15) is 18.9 Å². The molecule has 1 aromatic carbocycles. The molecule has 0 aromatic heterocycles. The number of nitrogens with one attached hydrogen (secondary N) is 1. The van der Waals surface area contributed by atoms with Gasteiger partial charge in [-0.25, -0.2) is 4.79 Å². The maximum atomic E-state index is 12.1. The highest BCUT2D eigenvalue weighted by molar-refractivity contribution is 6.14. The summed E-state index contributed by atoms with van der Waals surface area (Å²) in [7, 11) is 0. The third-order valence-corrected chi connectivity index (χ3v) is 3.15. The molecule has 1 N–H and O–H groups in total. The molecule has 6 heteroatoms. The van der Waals surface area contributed by atoms with Gasteiger partial charge in [0.2, 0.25) is 0 Å². The fourth-order valence-electron chi connectivity index (χ4n) is 2.18. The van der Waals surface area contributed by atoms with Crippen LogP contribution in [0.2, 0.25) is 0 Å². The van der Waals surface area contributed by atoms with Gasteiger partial charge >= 0.3 is 6.03 Å². The van der Waals surface area contributed by atoms with E-state index in [1.807, 2.05) is 0 Å². The van der Waals surface area contributed by atoms with E-state index in [2.05, 4.69) is 11.9 Å². The Balaban J connectivity index is 1.87. The number of benzene rings is 1. The molecule has 1 saturated heterocycles. The van der Waals surface area contributed by atoms with Crippen LogP contribution in [-0.4, -0.2) is 36.6 Å². The first-order valence-corrected chi connectivity index (χ1v) is 6.54. The summed E-state index contributed by atoms with van der Waals surface area (Å²) in [5.41, 5.74) is 0.988. The van der Waals surface area contributed by atoms with E-state index < -0.39 is 6.03 Å². The molecule has 2 aliphatic rings. The normalized spacial score (nSPS) is 18.9. The lowest BCUT2D eigenvalue weighted by Crippen LogP contribution is -2.30. The van der Waals surface area contributed by atoms with E-state index in [1.54, 1.807) is 24.3 Å². The van der Waals surface area contributed by atoms with Gasteiger partial charge in [0.05, 0.1) is 0 Å². The Labute approximate surface area is 121 Å². The summed E-state index contributed by atoms with van der Waals surface area (Å²) in [5.74, 6) is 0.948. The molecule has 0 unspecified atom stereocenters. The number of urea groups is 1. The predicted molar refractivity (Wildman–Crippen MR) is 75.9 cm³/mol. The van der Waals surface area contributed by atoms with Gasteiger partial charge in [0, 0.05) is 6.54 Å². The monoisotopic (exact) mass is 286 g/mol. The molecule has 0 atom stereocenters. The first-order valence-electron chi connectivity index (χ1n) is 6.54. The van der Waals surface area contributed by atoms with Gasteiger partial charge in [0.15, 0.2) is 11.5 Å². The van der Waals surface area contributed by atoms with E-state index in [0.29, 0.717) is 24.7 Å². The largest absolute Gasteiger partial charge is 0.486 e. The van der Waals surface area contributed by atoms with Crippen molar-refractivity contribution in [2.75, 3.05) is 19.8 Å². The number of hydrogen-bond acceptors (Lipinski definition) is 4. The molecule has 0 bridgehead atoms. The van der Waals surface area contributed by atoms with Gasteiger partial charge in [-0.1, -0.05) is 12.1 Å². The Bertz CT molecular complexity index is 651. The van der Waals surface area contributed by atoms with Crippen LogP contribution >= 0.6 is 0 Å². The number of ether oxygens (including phenoxy) is 2. The molecule has 1 fully saturated rings. The lowest BCUT2D eigenvalue weighted by Gasteiger charge is -2.18. The standard InChI is InChI=1S/C15H14N2O4/c1-2-5-17-14(18)11(16-15(17)19)8-10-3-4-12-13(9-10)21-7-6-20-12/h2-4,8-9H,1,5-7H2,(H,16,19)/b11-8+. The molecule has 6 nitrogen and oxygen atoms in total. The maximum Gasteiger partial charge on any atom is 0.329 e. The highest BCUT2D eigenvalue weighted by atomic mass is 16.6. The number of rotatable bonds is 3. The smallest absolute Gasteiger partial charge is 0.329 e. The number of carbonyl (C=O) groups excluding carboxylic acids is 2. The van der Waals surface area contributed by atoms with Crippen LogP contribution in [-0.2, 0) is 4.79 Å². The summed E-state index contributed by atoms with van der Waals surface area (Å²) in [6, 6.07) is 4.92. The third kappa shape index (κ3) is 2.47. The molecule has 21 heavy (non-hydrogen) atoms. The van der Waals surface area contributed by atoms with Gasteiger partial charge in [0.25, 0.3) is 5.91 Å². The van der Waals surface area contributed by atoms with Crippen molar-refractivity contribution in [1.82, 2.24) is 10.2 Å². The number of fused-ring (bicyclic) bond motifs is 1. The zero-order chi connectivity index (χ0) is 14.8. The second-order valence-electron chi connectivity index (χ2n) is 4.60. The Morgan fingerprint density at radius 1 is 1.24 bits per heavy atom. The minimum atomic E-state index is -0.441. The fraction of sp³-hybridized carbons (Fsp3) is 0.200. The lowest BCUT2D eigenvalue weighted by atomic mass is 10.1. The predicted octanol–water partition coefficient (Wildman–Crippen LogP) is 1.54. The van der Waals surface area contributed by atoms with Crippen molar-refractivity contribution in [2.45, 2.75) is 0 Å². The molecule has 1 aromatic rings. The number of imide groups is 1. The van der Waals surface area contributed by atoms with Crippen molar-refractivity contribution < 1.29 is 19.1 Å². The van der Waals surface area contributed by atoms with E-state index >= 15 is 0 Å². The molecule has 0 aliphatic carbocycles. The van der Waals surface area contributed by atoms with E-state index in [-0.39, 0.29) is 18.1 Å². The minimum Gasteiger partial charge on any atom is -0.486 e. The second-order valence-corrected chi connectivity index (χ2v) is 4.60. The highest BCUT2D eigenvalue weighted by Crippen LogP contribution is 2.31. The average Bonchev–Trinajstić information content (AvgIpc) is 2.75. The first-order chi connectivity index (χ1) is 10.2. The van der Waals surface area contributed by atoms with Crippen molar-refractivity contribution in [1.29, 1.82) is 0 Å². The summed E-state index contributed by atoms with van der Waals surface area (Å²) in [6.07, 6.45) is 3.12. The van der Waals surface area contributed by atoms with Crippen molar-refractivity contribution in [3.63, 3.8) is 0 Å². The van der Waals surface area contributed by atoms with E-state index in [4.69, 9.17) is 9.47 Å². The molecular formula is C15H14N2O4. The quantitative estimate of drug-likeness (QED) is 0.520. The Morgan fingerprint density at radius 3 is 2.76 bits per heavy atom. The van der Waals surface area contributed by atoms with Crippen molar-refractivity contribution in [2.24, 2.45) is 0 Å². The molecule has 2 heterocycles. The van der Waals surface area contributed by atoms with Gasteiger partial charge in [-0.05, 0) is 23.8 Å². The molecule has 2 aliphatic heterocycles.